The summed E-state index contributed by atoms with van der Waals surface area (Å²) in [6, 6.07) is 0. The van der Waals surface area contributed by atoms with Crippen LogP contribution in [-0.2, 0) is 23.0 Å². The van der Waals surface area contributed by atoms with Gasteiger partial charge in [-0.25, -0.2) is 4.79 Å². The number of carbonyl (C=O) groups excluding carboxylic acids is 1. The van der Waals surface area contributed by atoms with Crippen LogP contribution < -0.4 is 11.1 Å². The minimum absolute atomic E-state index is 0.391. The van der Waals surface area contributed by atoms with Crippen molar-refractivity contribution in [2.45, 2.75) is 64.4 Å². The van der Waals surface area contributed by atoms with E-state index in [-0.39, 0.29) is 0 Å². The van der Waals surface area contributed by atoms with E-state index < -0.39 is 17.1 Å². The van der Waals surface area contributed by atoms with Crippen molar-refractivity contribution in [1.82, 2.24) is 15.5 Å². The third-order valence-electron chi connectivity index (χ3n) is 4.10. The van der Waals surface area contributed by atoms with Gasteiger partial charge in [-0.05, 0) is 52.0 Å². The molecule has 22 heavy (non-hydrogen) atoms. The lowest BCUT2D eigenvalue weighted by molar-refractivity contribution is 0.0516. The summed E-state index contributed by atoms with van der Waals surface area (Å²) >= 11 is 0. The quantitative estimate of drug-likeness (QED) is 0.793. The molecule has 0 radical (unpaired) electrons. The zero-order chi connectivity index (χ0) is 16.4. The number of aromatic nitrogens is 2. The van der Waals surface area contributed by atoms with Gasteiger partial charge in [-0.2, -0.15) is 5.10 Å². The molecule has 0 spiro atoms. The predicted octanol–water partition coefficient (Wildman–Crippen LogP) is 2.03. The Morgan fingerprint density at radius 1 is 1.32 bits per heavy atom. The van der Waals surface area contributed by atoms with Gasteiger partial charge in [0.1, 0.15) is 5.60 Å². The molecule has 0 aromatic carbocycles. The largest absolute Gasteiger partial charge is 0.444 e. The van der Waals surface area contributed by atoms with Crippen LogP contribution in [-0.4, -0.2) is 35.0 Å². The molecule has 2 rings (SSSR count). The fourth-order valence-electron chi connectivity index (χ4n) is 2.81. The van der Waals surface area contributed by atoms with Crippen molar-refractivity contribution in [1.29, 1.82) is 0 Å². The van der Waals surface area contributed by atoms with E-state index in [1.807, 2.05) is 27.7 Å². The highest BCUT2D eigenvalue weighted by molar-refractivity contribution is 5.67. The third-order valence-corrected chi connectivity index (χ3v) is 4.10. The number of H-pyrrole nitrogens is 1. The minimum atomic E-state index is -0.505. The van der Waals surface area contributed by atoms with E-state index in [2.05, 4.69) is 15.5 Å². The maximum absolute atomic E-state index is 11.9. The Morgan fingerprint density at radius 2 is 2.00 bits per heavy atom. The second kappa shape index (κ2) is 6.28. The monoisotopic (exact) mass is 308 g/mol. The zero-order valence-electron chi connectivity index (χ0n) is 14.1. The van der Waals surface area contributed by atoms with Crippen molar-refractivity contribution in [2.24, 2.45) is 5.73 Å². The maximum atomic E-state index is 11.9. The van der Waals surface area contributed by atoms with Gasteiger partial charge in [-0.3, -0.25) is 5.10 Å². The first-order valence-electron chi connectivity index (χ1n) is 7.99. The lowest BCUT2D eigenvalue weighted by Crippen LogP contribution is -2.46. The number of nitrogens with two attached hydrogens (primary N) is 1. The van der Waals surface area contributed by atoms with Crippen LogP contribution in [0.25, 0.3) is 0 Å². The van der Waals surface area contributed by atoms with Gasteiger partial charge in [0.15, 0.2) is 0 Å². The highest BCUT2D eigenvalue weighted by Gasteiger charge is 2.33. The highest BCUT2D eigenvalue weighted by Crippen LogP contribution is 2.30. The molecule has 0 saturated carbocycles. The Morgan fingerprint density at radius 3 is 2.64 bits per heavy atom. The number of fused-ring (bicyclic) bond motifs is 1. The SMILES string of the molecule is CC(C)(C)OC(=O)NCC(C)(CN)c1n[nH]c2c1CCCC2. The maximum Gasteiger partial charge on any atom is 0.407 e. The summed E-state index contributed by atoms with van der Waals surface area (Å²) in [6.45, 7) is 8.40. The summed E-state index contributed by atoms with van der Waals surface area (Å²) in [4.78, 5) is 11.9. The number of carbonyl (C=O) groups is 1. The Kier molecular flexibility index (Phi) is 4.80. The van der Waals surface area contributed by atoms with Gasteiger partial charge < -0.3 is 15.8 Å². The van der Waals surface area contributed by atoms with Gasteiger partial charge in [0.25, 0.3) is 0 Å². The molecule has 1 aliphatic carbocycles. The average Bonchev–Trinajstić information content (AvgIpc) is 2.87. The Hall–Kier alpha value is -1.56. The van der Waals surface area contributed by atoms with E-state index in [1.54, 1.807) is 0 Å². The topological polar surface area (TPSA) is 93.0 Å². The highest BCUT2D eigenvalue weighted by atomic mass is 16.6. The van der Waals surface area contributed by atoms with Crippen LogP contribution in [0.4, 0.5) is 4.79 Å². The van der Waals surface area contributed by atoms with Crippen LogP contribution in [0.1, 0.15) is 57.5 Å². The van der Waals surface area contributed by atoms with E-state index in [0.29, 0.717) is 13.1 Å². The molecular formula is C16H28N4O2. The van der Waals surface area contributed by atoms with E-state index in [1.165, 1.54) is 24.1 Å². The van der Waals surface area contributed by atoms with E-state index in [4.69, 9.17) is 10.5 Å². The average molecular weight is 308 g/mol. The van der Waals surface area contributed by atoms with Crippen molar-refractivity contribution in [3.8, 4) is 0 Å². The lowest BCUT2D eigenvalue weighted by Gasteiger charge is -2.29. The number of nitrogens with one attached hydrogen (secondary N) is 2. The molecule has 0 aliphatic heterocycles. The van der Waals surface area contributed by atoms with Gasteiger partial charge in [0.05, 0.1) is 5.69 Å². The van der Waals surface area contributed by atoms with Crippen molar-refractivity contribution in [3.63, 3.8) is 0 Å². The number of hydrogen-bond donors (Lipinski definition) is 3. The number of aromatic amines is 1. The van der Waals surface area contributed by atoms with Gasteiger partial charge >= 0.3 is 6.09 Å². The van der Waals surface area contributed by atoms with Crippen LogP contribution >= 0.6 is 0 Å². The predicted molar refractivity (Wildman–Crippen MR) is 85.9 cm³/mol. The summed E-state index contributed by atoms with van der Waals surface area (Å²) in [7, 11) is 0. The second-order valence-corrected chi connectivity index (χ2v) is 7.36. The molecule has 1 heterocycles. The van der Waals surface area contributed by atoms with Crippen LogP contribution in [0.2, 0.25) is 0 Å². The normalized spacial score (nSPS) is 17.5. The van der Waals surface area contributed by atoms with Crippen LogP contribution in [0, 0.1) is 0 Å². The van der Waals surface area contributed by atoms with E-state index in [9.17, 15) is 4.79 Å². The number of hydrogen-bond acceptors (Lipinski definition) is 4. The summed E-state index contributed by atoms with van der Waals surface area (Å²) in [5.41, 5.74) is 8.59. The third kappa shape index (κ3) is 3.80. The Balaban J connectivity index is 2.09. The standard InChI is InChI=1S/C16H28N4O2/c1-15(2,3)22-14(21)18-10-16(4,9-17)13-11-7-5-6-8-12(11)19-20-13/h5-10,17H2,1-4H3,(H,18,21)(H,19,20). The Bertz CT molecular complexity index is 533. The zero-order valence-corrected chi connectivity index (χ0v) is 14.1. The van der Waals surface area contributed by atoms with Gasteiger partial charge in [0, 0.05) is 24.2 Å². The van der Waals surface area contributed by atoms with Gasteiger partial charge in [-0.1, -0.05) is 6.92 Å². The first-order chi connectivity index (χ1) is 10.2. The molecule has 1 unspecified atom stereocenters. The molecule has 4 N–H and O–H groups in total. The molecule has 0 saturated heterocycles. The van der Waals surface area contributed by atoms with E-state index in [0.717, 1.165) is 18.5 Å². The fraction of sp³-hybridized carbons (Fsp3) is 0.750. The summed E-state index contributed by atoms with van der Waals surface area (Å²) in [5.74, 6) is 0. The number of nitrogens with zero attached hydrogens (tertiary/aromatic N) is 1. The van der Waals surface area contributed by atoms with Crippen LogP contribution in [0.3, 0.4) is 0 Å². The van der Waals surface area contributed by atoms with Crippen molar-refractivity contribution in [2.75, 3.05) is 13.1 Å². The molecular weight excluding hydrogens is 280 g/mol. The minimum Gasteiger partial charge on any atom is -0.444 e. The first kappa shape index (κ1) is 16.8. The van der Waals surface area contributed by atoms with Crippen LogP contribution in [0.5, 0.6) is 0 Å². The molecule has 1 atom stereocenters. The summed E-state index contributed by atoms with van der Waals surface area (Å²) in [5, 5.41) is 10.5. The molecule has 0 bridgehead atoms. The molecule has 1 aromatic rings. The summed E-state index contributed by atoms with van der Waals surface area (Å²) in [6.07, 6.45) is 4.03. The van der Waals surface area contributed by atoms with Gasteiger partial charge in [-0.15, -0.1) is 0 Å². The van der Waals surface area contributed by atoms with Crippen molar-refractivity contribution >= 4 is 6.09 Å². The summed E-state index contributed by atoms with van der Waals surface area (Å²) < 4.78 is 5.29. The Labute approximate surface area is 132 Å². The molecule has 0 fully saturated rings. The first-order valence-corrected chi connectivity index (χ1v) is 7.99. The molecule has 1 amide bonds. The van der Waals surface area contributed by atoms with E-state index >= 15 is 0 Å². The number of ether oxygens (including phenoxy) is 1. The van der Waals surface area contributed by atoms with Crippen molar-refractivity contribution in [3.05, 3.63) is 17.0 Å². The fourth-order valence-corrected chi connectivity index (χ4v) is 2.81. The number of amides is 1. The molecule has 1 aliphatic rings. The smallest absolute Gasteiger partial charge is 0.407 e. The second-order valence-electron chi connectivity index (χ2n) is 7.36. The number of alkyl carbamates (subject to hydrolysis) is 1. The van der Waals surface area contributed by atoms with Gasteiger partial charge in [0.2, 0.25) is 0 Å². The molecule has 124 valence electrons. The van der Waals surface area contributed by atoms with Crippen LogP contribution in [0.15, 0.2) is 0 Å². The number of aryl methyl sites for hydroxylation is 1. The molecule has 6 heteroatoms. The van der Waals surface area contributed by atoms with Crippen molar-refractivity contribution < 1.29 is 9.53 Å². The molecule has 1 aromatic heterocycles. The number of rotatable bonds is 4. The molecule has 6 nitrogen and oxygen atoms in total. The lowest BCUT2D eigenvalue weighted by atomic mass is 9.81.